The second-order valence-corrected chi connectivity index (χ2v) is 6.98. The molecule has 0 spiro atoms. The van der Waals surface area contributed by atoms with Crippen molar-refractivity contribution in [1.29, 1.82) is 0 Å². The van der Waals surface area contributed by atoms with Crippen LogP contribution >= 0.6 is 0 Å². The largest absolute Gasteiger partial charge is 0.478 e. The third-order valence-corrected chi connectivity index (χ3v) is 5.23. The van der Waals surface area contributed by atoms with Crippen molar-refractivity contribution in [2.24, 2.45) is 16.8 Å². The summed E-state index contributed by atoms with van der Waals surface area (Å²) >= 11 is 0. The summed E-state index contributed by atoms with van der Waals surface area (Å²) in [6, 6.07) is 15.4. The third-order valence-electron chi connectivity index (χ3n) is 5.23. The minimum absolute atomic E-state index is 0.00188. The fourth-order valence-corrected chi connectivity index (χ4v) is 3.18. The normalized spacial score (nSPS) is 19.2. The summed E-state index contributed by atoms with van der Waals surface area (Å²) < 4.78 is 20.1. The maximum atomic E-state index is 14.3. The standard InChI is InChI=1S/C22H26FNO/c1-4-15(2)16(3)22-24-20(14-25-22)13-19-12-18(10-11-21(19)23)17-8-6-5-7-9-17/h5-12,15-16,20H,4,13-14H2,1-3H3/t15-,16-,20-/m0/s1. The van der Waals surface area contributed by atoms with Crippen LogP contribution in [0.1, 0.15) is 32.8 Å². The van der Waals surface area contributed by atoms with Gasteiger partial charge in [-0.2, -0.15) is 0 Å². The molecule has 3 rings (SSSR count). The second-order valence-electron chi connectivity index (χ2n) is 6.98. The van der Waals surface area contributed by atoms with Gasteiger partial charge in [-0.1, -0.05) is 63.6 Å². The molecule has 1 aliphatic heterocycles. The van der Waals surface area contributed by atoms with Gasteiger partial charge in [-0.05, 0) is 34.7 Å². The molecule has 1 heterocycles. The molecule has 0 N–H and O–H groups in total. The molecule has 3 heteroatoms. The molecule has 2 nitrogen and oxygen atoms in total. The van der Waals surface area contributed by atoms with Crippen LogP contribution in [0.2, 0.25) is 0 Å². The number of aliphatic imine (C=N–C) groups is 1. The highest BCUT2D eigenvalue weighted by molar-refractivity contribution is 5.80. The van der Waals surface area contributed by atoms with Crippen LogP contribution in [0.3, 0.4) is 0 Å². The summed E-state index contributed by atoms with van der Waals surface area (Å²) in [5.74, 6) is 1.52. The van der Waals surface area contributed by atoms with Gasteiger partial charge in [0.1, 0.15) is 12.4 Å². The van der Waals surface area contributed by atoms with Crippen LogP contribution in [0.4, 0.5) is 4.39 Å². The summed E-state index contributed by atoms with van der Waals surface area (Å²) in [4.78, 5) is 4.72. The highest BCUT2D eigenvalue weighted by Crippen LogP contribution is 2.26. The molecule has 0 unspecified atom stereocenters. The van der Waals surface area contributed by atoms with E-state index in [-0.39, 0.29) is 11.9 Å². The molecule has 2 aromatic carbocycles. The molecule has 0 radical (unpaired) electrons. The Bertz CT molecular complexity index is 741. The maximum Gasteiger partial charge on any atom is 0.186 e. The summed E-state index contributed by atoms with van der Waals surface area (Å²) in [5.41, 5.74) is 2.84. The van der Waals surface area contributed by atoms with Crippen molar-refractivity contribution >= 4 is 5.90 Å². The van der Waals surface area contributed by atoms with Crippen molar-refractivity contribution in [2.45, 2.75) is 39.7 Å². The van der Waals surface area contributed by atoms with E-state index >= 15 is 0 Å². The monoisotopic (exact) mass is 339 g/mol. The SMILES string of the molecule is CC[C@H](C)[C@H](C)C1=N[C@@H](Cc2cc(-c3ccccc3)ccc2F)CO1. The topological polar surface area (TPSA) is 21.6 Å². The Labute approximate surface area is 149 Å². The predicted octanol–water partition coefficient (Wildman–Crippen LogP) is 5.51. The lowest BCUT2D eigenvalue weighted by Crippen LogP contribution is -2.18. The van der Waals surface area contributed by atoms with E-state index in [9.17, 15) is 4.39 Å². The molecule has 0 fully saturated rings. The zero-order valence-corrected chi connectivity index (χ0v) is 15.2. The molecule has 1 aliphatic rings. The van der Waals surface area contributed by atoms with Crippen molar-refractivity contribution in [1.82, 2.24) is 0 Å². The Kier molecular flexibility index (Phi) is 5.52. The summed E-state index contributed by atoms with van der Waals surface area (Å²) in [7, 11) is 0. The average Bonchev–Trinajstić information content (AvgIpc) is 3.11. The van der Waals surface area contributed by atoms with Gasteiger partial charge < -0.3 is 4.74 Å². The molecule has 2 aromatic rings. The Morgan fingerprint density at radius 3 is 2.60 bits per heavy atom. The van der Waals surface area contributed by atoms with Crippen LogP contribution in [0.5, 0.6) is 0 Å². The van der Waals surface area contributed by atoms with Crippen LogP contribution < -0.4 is 0 Å². The minimum atomic E-state index is -0.168. The lowest BCUT2D eigenvalue weighted by molar-refractivity contribution is 0.283. The molecule has 0 amide bonds. The van der Waals surface area contributed by atoms with Crippen molar-refractivity contribution < 1.29 is 9.13 Å². The van der Waals surface area contributed by atoms with Gasteiger partial charge in [-0.25, -0.2) is 9.38 Å². The van der Waals surface area contributed by atoms with Gasteiger partial charge in [0.2, 0.25) is 0 Å². The number of hydrogen-bond donors (Lipinski definition) is 0. The quantitative estimate of drug-likeness (QED) is 0.679. The molecular weight excluding hydrogens is 313 g/mol. The summed E-state index contributed by atoms with van der Waals surface area (Å²) in [5, 5.41) is 0. The zero-order valence-electron chi connectivity index (χ0n) is 15.2. The van der Waals surface area contributed by atoms with E-state index in [1.165, 1.54) is 0 Å². The molecule has 0 aliphatic carbocycles. The molecular formula is C22H26FNO. The predicted molar refractivity (Wildman–Crippen MR) is 101 cm³/mol. The first kappa shape index (κ1) is 17.7. The molecule has 0 bridgehead atoms. The van der Waals surface area contributed by atoms with Crippen LogP contribution in [0.25, 0.3) is 11.1 Å². The van der Waals surface area contributed by atoms with Gasteiger partial charge in [-0.15, -0.1) is 0 Å². The summed E-state index contributed by atoms with van der Waals surface area (Å²) in [6.07, 6.45) is 1.67. The lowest BCUT2D eigenvalue weighted by atomic mass is 9.93. The average molecular weight is 339 g/mol. The fourth-order valence-electron chi connectivity index (χ4n) is 3.18. The first-order valence-electron chi connectivity index (χ1n) is 9.12. The smallest absolute Gasteiger partial charge is 0.186 e. The first-order chi connectivity index (χ1) is 12.1. The van der Waals surface area contributed by atoms with Gasteiger partial charge >= 0.3 is 0 Å². The zero-order chi connectivity index (χ0) is 17.8. The van der Waals surface area contributed by atoms with Crippen molar-refractivity contribution in [2.75, 3.05) is 6.61 Å². The Morgan fingerprint density at radius 2 is 1.88 bits per heavy atom. The summed E-state index contributed by atoms with van der Waals surface area (Å²) in [6.45, 7) is 7.10. The van der Waals surface area contributed by atoms with Gasteiger partial charge in [0, 0.05) is 12.3 Å². The van der Waals surface area contributed by atoms with Crippen molar-refractivity contribution in [3.8, 4) is 11.1 Å². The molecule has 25 heavy (non-hydrogen) atoms. The van der Waals surface area contributed by atoms with Crippen molar-refractivity contribution in [3.63, 3.8) is 0 Å². The van der Waals surface area contributed by atoms with E-state index in [1.807, 2.05) is 42.5 Å². The number of ether oxygens (including phenoxy) is 1. The number of hydrogen-bond acceptors (Lipinski definition) is 2. The van der Waals surface area contributed by atoms with E-state index in [4.69, 9.17) is 9.73 Å². The van der Waals surface area contributed by atoms with E-state index in [0.29, 0.717) is 30.4 Å². The fraction of sp³-hybridized carbons (Fsp3) is 0.409. The van der Waals surface area contributed by atoms with E-state index in [1.54, 1.807) is 6.07 Å². The molecule has 0 saturated carbocycles. The molecule has 132 valence electrons. The third kappa shape index (κ3) is 4.09. The minimum Gasteiger partial charge on any atom is -0.478 e. The molecule has 0 saturated heterocycles. The number of benzene rings is 2. The van der Waals surface area contributed by atoms with Crippen LogP contribution in [0.15, 0.2) is 53.5 Å². The number of rotatable bonds is 6. The van der Waals surface area contributed by atoms with Gasteiger partial charge in [0.05, 0.1) is 6.04 Å². The van der Waals surface area contributed by atoms with Crippen LogP contribution in [-0.4, -0.2) is 18.5 Å². The van der Waals surface area contributed by atoms with Gasteiger partial charge in [0.25, 0.3) is 0 Å². The van der Waals surface area contributed by atoms with Crippen molar-refractivity contribution in [3.05, 3.63) is 59.9 Å². The Balaban J connectivity index is 1.76. The lowest BCUT2D eigenvalue weighted by Gasteiger charge is -2.17. The molecule has 0 aromatic heterocycles. The van der Waals surface area contributed by atoms with Gasteiger partial charge in [0.15, 0.2) is 5.90 Å². The highest BCUT2D eigenvalue weighted by Gasteiger charge is 2.26. The van der Waals surface area contributed by atoms with Crippen LogP contribution in [-0.2, 0) is 11.2 Å². The van der Waals surface area contributed by atoms with E-state index in [2.05, 4.69) is 20.8 Å². The second kappa shape index (κ2) is 7.81. The number of halogens is 1. The van der Waals surface area contributed by atoms with Gasteiger partial charge in [-0.3, -0.25) is 0 Å². The van der Waals surface area contributed by atoms with E-state index in [0.717, 1.165) is 23.4 Å². The maximum absolute atomic E-state index is 14.3. The van der Waals surface area contributed by atoms with Crippen LogP contribution in [0, 0.1) is 17.7 Å². The number of nitrogens with zero attached hydrogens (tertiary/aromatic N) is 1. The highest BCUT2D eigenvalue weighted by atomic mass is 19.1. The van der Waals surface area contributed by atoms with E-state index < -0.39 is 0 Å². The molecule has 3 atom stereocenters. The Hall–Kier alpha value is -2.16. The first-order valence-corrected chi connectivity index (χ1v) is 9.12. The Morgan fingerprint density at radius 1 is 1.12 bits per heavy atom.